The van der Waals surface area contributed by atoms with E-state index in [0.29, 0.717) is 11.9 Å². The largest absolute Gasteiger partial charge is 0.342 e. The first-order valence-corrected chi connectivity index (χ1v) is 9.01. The SMILES string of the molecule is CC(C)n1cnc([C@H]2CN(C)C[C@]23CCN(CC2CC2)C3=O)c1. The fourth-order valence-electron chi connectivity index (χ4n) is 4.45. The molecule has 3 heterocycles. The maximum Gasteiger partial charge on any atom is 0.230 e. The Morgan fingerprint density at radius 2 is 2.17 bits per heavy atom. The summed E-state index contributed by atoms with van der Waals surface area (Å²) in [5.74, 6) is 1.40. The molecule has 23 heavy (non-hydrogen) atoms. The summed E-state index contributed by atoms with van der Waals surface area (Å²) in [5.41, 5.74) is 0.865. The third-order valence-corrected chi connectivity index (χ3v) is 6.00. The van der Waals surface area contributed by atoms with Crippen molar-refractivity contribution in [1.29, 1.82) is 0 Å². The van der Waals surface area contributed by atoms with Gasteiger partial charge >= 0.3 is 0 Å². The Hall–Kier alpha value is -1.36. The summed E-state index contributed by atoms with van der Waals surface area (Å²) >= 11 is 0. The zero-order valence-corrected chi connectivity index (χ0v) is 14.5. The molecule has 1 amide bonds. The lowest BCUT2D eigenvalue weighted by Crippen LogP contribution is -2.40. The number of rotatable bonds is 4. The number of hydrogen-bond acceptors (Lipinski definition) is 3. The molecule has 1 aromatic rings. The highest BCUT2D eigenvalue weighted by Gasteiger charge is 2.57. The van der Waals surface area contributed by atoms with Gasteiger partial charge in [0.15, 0.2) is 0 Å². The van der Waals surface area contributed by atoms with Crippen molar-refractivity contribution in [2.24, 2.45) is 11.3 Å². The first kappa shape index (κ1) is 15.2. The quantitative estimate of drug-likeness (QED) is 0.854. The Labute approximate surface area is 138 Å². The van der Waals surface area contributed by atoms with Crippen LogP contribution in [0.5, 0.6) is 0 Å². The summed E-state index contributed by atoms with van der Waals surface area (Å²) in [6.45, 7) is 8.08. The lowest BCUT2D eigenvalue weighted by Gasteiger charge is -2.28. The van der Waals surface area contributed by atoms with Gasteiger partial charge in [-0.2, -0.15) is 0 Å². The molecular weight excluding hydrogens is 288 g/mol. The van der Waals surface area contributed by atoms with Gasteiger partial charge in [0.1, 0.15) is 0 Å². The summed E-state index contributed by atoms with van der Waals surface area (Å²) in [4.78, 5) is 22.4. The van der Waals surface area contributed by atoms with Gasteiger partial charge in [-0.3, -0.25) is 4.79 Å². The van der Waals surface area contributed by atoms with E-state index < -0.39 is 0 Å². The monoisotopic (exact) mass is 316 g/mol. The number of imidazole rings is 1. The van der Waals surface area contributed by atoms with Crippen LogP contribution >= 0.6 is 0 Å². The Bertz CT molecular complexity index is 606. The predicted molar refractivity (Wildman–Crippen MR) is 89.2 cm³/mol. The van der Waals surface area contributed by atoms with Crippen molar-refractivity contribution in [3.05, 3.63) is 18.2 Å². The molecule has 1 aromatic heterocycles. The number of carbonyl (C=O) groups excluding carboxylic acids is 1. The minimum atomic E-state index is -0.236. The van der Waals surface area contributed by atoms with Gasteiger partial charge in [0.2, 0.25) is 5.91 Å². The molecule has 126 valence electrons. The number of hydrogen-bond donors (Lipinski definition) is 0. The van der Waals surface area contributed by atoms with Crippen LogP contribution in [-0.4, -0.2) is 58.5 Å². The number of nitrogens with zero attached hydrogens (tertiary/aromatic N) is 4. The molecule has 2 atom stereocenters. The second-order valence-electron chi connectivity index (χ2n) is 8.19. The van der Waals surface area contributed by atoms with Gasteiger partial charge in [-0.05, 0) is 46.1 Å². The first-order chi connectivity index (χ1) is 11.0. The van der Waals surface area contributed by atoms with Gasteiger partial charge in [-0.1, -0.05) is 0 Å². The molecule has 4 rings (SSSR count). The fraction of sp³-hybridized carbons (Fsp3) is 0.778. The maximum atomic E-state index is 13.2. The molecule has 5 heteroatoms. The normalized spacial score (nSPS) is 31.9. The summed E-state index contributed by atoms with van der Waals surface area (Å²) < 4.78 is 2.16. The van der Waals surface area contributed by atoms with E-state index in [1.165, 1.54) is 12.8 Å². The van der Waals surface area contributed by atoms with Crippen LogP contribution in [-0.2, 0) is 4.79 Å². The van der Waals surface area contributed by atoms with Crippen LogP contribution < -0.4 is 0 Å². The van der Waals surface area contributed by atoms with Crippen LogP contribution in [0.1, 0.15) is 50.8 Å². The minimum Gasteiger partial charge on any atom is -0.342 e. The molecule has 3 aliphatic rings. The van der Waals surface area contributed by atoms with Gasteiger partial charge in [-0.25, -0.2) is 4.98 Å². The van der Waals surface area contributed by atoms with Crippen molar-refractivity contribution < 1.29 is 4.79 Å². The highest BCUT2D eigenvalue weighted by Crippen LogP contribution is 2.49. The van der Waals surface area contributed by atoms with E-state index in [9.17, 15) is 4.79 Å². The number of carbonyl (C=O) groups is 1. The molecule has 0 aromatic carbocycles. The Balaban J connectivity index is 1.61. The molecule has 1 spiro atoms. The first-order valence-electron chi connectivity index (χ1n) is 9.01. The summed E-state index contributed by atoms with van der Waals surface area (Å²) in [6.07, 6.45) is 7.68. The molecule has 0 bridgehead atoms. The van der Waals surface area contributed by atoms with Gasteiger partial charge in [0.25, 0.3) is 0 Å². The van der Waals surface area contributed by atoms with E-state index in [0.717, 1.165) is 44.2 Å². The second-order valence-corrected chi connectivity index (χ2v) is 8.19. The van der Waals surface area contributed by atoms with Crippen LogP contribution in [0.3, 0.4) is 0 Å². The van der Waals surface area contributed by atoms with E-state index in [4.69, 9.17) is 0 Å². The molecule has 0 unspecified atom stereocenters. The van der Waals surface area contributed by atoms with Crippen LogP contribution in [0.25, 0.3) is 0 Å². The van der Waals surface area contributed by atoms with Crippen molar-refractivity contribution in [1.82, 2.24) is 19.4 Å². The lowest BCUT2D eigenvalue weighted by molar-refractivity contribution is -0.136. The third-order valence-electron chi connectivity index (χ3n) is 6.00. The smallest absolute Gasteiger partial charge is 0.230 e. The molecule has 2 aliphatic heterocycles. The van der Waals surface area contributed by atoms with Gasteiger partial charge in [0, 0.05) is 44.3 Å². The van der Waals surface area contributed by atoms with Crippen molar-refractivity contribution in [2.45, 2.75) is 45.1 Å². The van der Waals surface area contributed by atoms with Gasteiger partial charge in [0.05, 0.1) is 17.4 Å². The van der Waals surface area contributed by atoms with Gasteiger partial charge in [-0.15, -0.1) is 0 Å². The second kappa shape index (κ2) is 5.33. The third kappa shape index (κ3) is 2.49. The molecule has 5 nitrogen and oxygen atoms in total. The Kier molecular flexibility index (Phi) is 3.52. The van der Waals surface area contributed by atoms with Crippen LogP contribution in [0.15, 0.2) is 12.5 Å². The highest BCUT2D eigenvalue weighted by atomic mass is 16.2. The van der Waals surface area contributed by atoms with E-state index in [2.05, 4.69) is 46.4 Å². The van der Waals surface area contributed by atoms with Crippen LogP contribution in [0, 0.1) is 11.3 Å². The van der Waals surface area contributed by atoms with Crippen molar-refractivity contribution >= 4 is 5.91 Å². The van der Waals surface area contributed by atoms with Crippen molar-refractivity contribution in [3.8, 4) is 0 Å². The van der Waals surface area contributed by atoms with E-state index in [1.54, 1.807) is 0 Å². The van der Waals surface area contributed by atoms with E-state index in [1.807, 2.05) is 6.33 Å². The van der Waals surface area contributed by atoms with Crippen molar-refractivity contribution in [2.75, 3.05) is 33.2 Å². The fourth-order valence-corrected chi connectivity index (χ4v) is 4.45. The van der Waals surface area contributed by atoms with E-state index >= 15 is 0 Å². The summed E-state index contributed by atoms with van der Waals surface area (Å²) in [7, 11) is 2.14. The van der Waals surface area contributed by atoms with Crippen molar-refractivity contribution in [3.63, 3.8) is 0 Å². The maximum absolute atomic E-state index is 13.2. The average Bonchev–Trinajstić information content (AvgIpc) is 2.94. The topological polar surface area (TPSA) is 41.4 Å². The molecule has 0 radical (unpaired) electrons. The lowest BCUT2D eigenvalue weighted by atomic mass is 9.75. The van der Waals surface area contributed by atoms with Crippen LogP contribution in [0.2, 0.25) is 0 Å². The van der Waals surface area contributed by atoms with E-state index in [-0.39, 0.29) is 11.3 Å². The number of likely N-dealkylation sites (N-methyl/N-ethyl adjacent to an activating group) is 1. The molecule has 0 N–H and O–H groups in total. The highest BCUT2D eigenvalue weighted by molar-refractivity contribution is 5.86. The number of likely N-dealkylation sites (tertiary alicyclic amines) is 2. The molecule has 1 saturated carbocycles. The predicted octanol–water partition coefficient (Wildman–Crippen LogP) is 2.12. The zero-order chi connectivity index (χ0) is 16.2. The molecular formula is C18H28N4O. The standard InChI is InChI=1S/C18H28N4O/c1-13(2)22-10-16(19-12-22)15-9-20(3)11-18(15)6-7-21(17(18)23)8-14-4-5-14/h10,12-15H,4-9,11H2,1-3H3/t15-,18-/m1/s1. The number of aromatic nitrogens is 2. The average molecular weight is 316 g/mol. The molecule has 3 fully saturated rings. The summed E-state index contributed by atoms with van der Waals surface area (Å²) in [6, 6.07) is 0.414. The van der Waals surface area contributed by atoms with Crippen LogP contribution in [0.4, 0.5) is 0 Å². The zero-order valence-electron chi connectivity index (χ0n) is 14.5. The summed E-state index contributed by atoms with van der Waals surface area (Å²) in [5, 5.41) is 0. The van der Waals surface area contributed by atoms with Gasteiger partial charge < -0.3 is 14.4 Å². The number of amides is 1. The Morgan fingerprint density at radius 3 is 2.83 bits per heavy atom. The minimum absolute atomic E-state index is 0.236. The Morgan fingerprint density at radius 1 is 1.39 bits per heavy atom. The molecule has 1 aliphatic carbocycles. The molecule has 2 saturated heterocycles.